The number of imide groups is 1. The molecular weight excluding hydrogens is 625 g/mol. The standard InChI is InChI=1S/C34H32N4O6S2/c1-5-44-33(42)21-11-15-24(16-12-21)38-30(40)27-26(20-9-13-23(14-10-20)36(3)4)29-32(45-28(27)31(38)41)37(34(43)46-29)18-25(39)35-22-8-6-7-19(2)17-22/h6-17,26-28H,5,18H2,1-4H3,(H,35,39)/t26-,27-,28+/m0/s1. The van der Waals surface area contributed by atoms with Gasteiger partial charge in [0, 0.05) is 36.3 Å². The molecule has 3 aromatic carbocycles. The highest BCUT2D eigenvalue weighted by Gasteiger charge is 2.56. The second kappa shape index (κ2) is 12.6. The van der Waals surface area contributed by atoms with Crippen LogP contribution in [-0.4, -0.2) is 54.2 Å². The molecular formula is C34H32N4O6S2. The molecule has 46 heavy (non-hydrogen) atoms. The summed E-state index contributed by atoms with van der Waals surface area (Å²) in [6, 6.07) is 21.3. The number of rotatable bonds is 8. The van der Waals surface area contributed by atoms with Gasteiger partial charge in [-0.1, -0.05) is 47.4 Å². The molecule has 3 atom stereocenters. The summed E-state index contributed by atoms with van der Waals surface area (Å²) in [7, 11) is 3.86. The second-order valence-corrected chi connectivity index (χ2v) is 13.5. The Morgan fingerprint density at radius 3 is 2.33 bits per heavy atom. The van der Waals surface area contributed by atoms with Crippen molar-refractivity contribution >= 4 is 63.9 Å². The number of hydrogen-bond acceptors (Lipinski definition) is 9. The van der Waals surface area contributed by atoms with Crippen LogP contribution >= 0.6 is 23.1 Å². The van der Waals surface area contributed by atoms with E-state index < -0.39 is 29.0 Å². The first-order chi connectivity index (χ1) is 22.1. The topological polar surface area (TPSA) is 118 Å². The first-order valence-electron chi connectivity index (χ1n) is 14.8. The molecule has 0 radical (unpaired) electrons. The maximum atomic E-state index is 14.2. The van der Waals surface area contributed by atoms with Crippen LogP contribution in [0.1, 0.15) is 39.2 Å². The molecule has 6 rings (SSSR count). The molecule has 0 spiro atoms. The van der Waals surface area contributed by atoms with Crippen molar-refractivity contribution in [2.75, 3.05) is 35.8 Å². The molecule has 0 aliphatic carbocycles. The molecule has 3 amide bonds. The average molecular weight is 657 g/mol. The summed E-state index contributed by atoms with van der Waals surface area (Å²) in [6.45, 7) is 3.62. The molecule has 0 bridgehead atoms. The maximum absolute atomic E-state index is 14.2. The van der Waals surface area contributed by atoms with E-state index in [1.165, 1.54) is 21.6 Å². The Hall–Kier alpha value is -4.68. The van der Waals surface area contributed by atoms with Gasteiger partial charge >= 0.3 is 10.8 Å². The number of hydrogen-bond donors (Lipinski definition) is 1. The van der Waals surface area contributed by atoms with Gasteiger partial charge < -0.3 is 15.0 Å². The number of carbonyl (C=O) groups is 4. The van der Waals surface area contributed by atoms with E-state index in [1.54, 1.807) is 25.1 Å². The number of nitrogens with one attached hydrogen (secondary N) is 1. The fourth-order valence-electron chi connectivity index (χ4n) is 5.88. The molecule has 4 aromatic rings. The molecule has 2 aliphatic rings. The summed E-state index contributed by atoms with van der Waals surface area (Å²) < 4.78 is 6.47. The summed E-state index contributed by atoms with van der Waals surface area (Å²) in [6.07, 6.45) is 0. The Labute approximate surface area is 274 Å². The fourth-order valence-corrected chi connectivity index (χ4v) is 8.65. The molecule has 1 saturated heterocycles. The van der Waals surface area contributed by atoms with E-state index in [0.717, 1.165) is 39.9 Å². The molecule has 3 heterocycles. The van der Waals surface area contributed by atoms with Gasteiger partial charge in [-0.25, -0.2) is 9.69 Å². The Balaban J connectivity index is 1.38. The predicted octanol–water partition coefficient (Wildman–Crippen LogP) is 4.90. The largest absolute Gasteiger partial charge is 0.462 e. The minimum Gasteiger partial charge on any atom is -0.462 e. The number of aryl methyl sites for hydroxylation is 1. The number of fused-ring (bicyclic) bond motifs is 2. The SMILES string of the molecule is CCOC(=O)c1ccc(N2C(=O)[C@H]3[C@H](c4ccc(N(C)C)cc4)c4sc(=O)n(CC(=O)Nc5cccc(C)c5)c4S[C@H]3C2=O)cc1. The third-order valence-corrected chi connectivity index (χ3v) is 10.7. The van der Waals surface area contributed by atoms with E-state index in [9.17, 15) is 24.0 Å². The number of carbonyl (C=O) groups excluding carboxylic acids is 4. The van der Waals surface area contributed by atoms with Crippen molar-refractivity contribution < 1.29 is 23.9 Å². The highest BCUT2D eigenvalue weighted by molar-refractivity contribution is 8.00. The van der Waals surface area contributed by atoms with Gasteiger partial charge in [0.15, 0.2) is 0 Å². The number of thioether (sulfide) groups is 1. The lowest BCUT2D eigenvalue weighted by Crippen LogP contribution is -2.33. The zero-order valence-corrected chi connectivity index (χ0v) is 27.3. The van der Waals surface area contributed by atoms with Gasteiger partial charge in [0.05, 0.1) is 28.8 Å². The van der Waals surface area contributed by atoms with Crippen molar-refractivity contribution in [2.24, 2.45) is 5.92 Å². The van der Waals surface area contributed by atoms with Gasteiger partial charge in [0.1, 0.15) is 11.8 Å². The molecule has 0 unspecified atom stereocenters. The van der Waals surface area contributed by atoms with Gasteiger partial charge in [-0.05, 0) is 73.5 Å². The van der Waals surface area contributed by atoms with Gasteiger partial charge in [-0.2, -0.15) is 0 Å². The van der Waals surface area contributed by atoms with E-state index in [0.29, 0.717) is 26.8 Å². The Bertz CT molecular complexity index is 1900. The van der Waals surface area contributed by atoms with Crippen LogP contribution in [0.15, 0.2) is 82.6 Å². The molecule has 2 aliphatic heterocycles. The van der Waals surface area contributed by atoms with Crippen LogP contribution in [0.3, 0.4) is 0 Å². The molecule has 1 N–H and O–H groups in total. The van der Waals surface area contributed by atoms with Crippen molar-refractivity contribution in [3.05, 3.63) is 104 Å². The van der Waals surface area contributed by atoms with Crippen molar-refractivity contribution in [3.63, 3.8) is 0 Å². The van der Waals surface area contributed by atoms with E-state index in [1.807, 2.05) is 68.4 Å². The fraction of sp³-hybridized carbons (Fsp3) is 0.265. The van der Waals surface area contributed by atoms with Gasteiger partial charge in [-0.15, -0.1) is 0 Å². The van der Waals surface area contributed by atoms with Crippen LogP contribution in [0, 0.1) is 12.8 Å². The molecule has 236 valence electrons. The predicted molar refractivity (Wildman–Crippen MR) is 179 cm³/mol. The number of amides is 3. The third kappa shape index (κ3) is 5.74. The smallest absolute Gasteiger partial charge is 0.338 e. The zero-order chi connectivity index (χ0) is 32.7. The summed E-state index contributed by atoms with van der Waals surface area (Å²) >= 11 is 2.16. The Morgan fingerprint density at radius 2 is 1.67 bits per heavy atom. The maximum Gasteiger partial charge on any atom is 0.338 e. The minimum absolute atomic E-state index is 0.226. The zero-order valence-electron chi connectivity index (χ0n) is 25.7. The molecule has 1 aromatic heterocycles. The highest BCUT2D eigenvalue weighted by Crippen LogP contribution is 2.54. The summed E-state index contributed by atoms with van der Waals surface area (Å²) in [5.74, 6) is -3.04. The number of thiazole rings is 1. The van der Waals surface area contributed by atoms with Gasteiger partial charge in [-0.3, -0.25) is 23.7 Å². The molecule has 10 nitrogen and oxygen atoms in total. The highest BCUT2D eigenvalue weighted by atomic mass is 32.2. The number of ether oxygens (including phenoxy) is 1. The van der Waals surface area contributed by atoms with Crippen molar-refractivity contribution in [1.82, 2.24) is 4.57 Å². The Kier molecular flexibility index (Phi) is 8.58. The number of aromatic nitrogens is 1. The van der Waals surface area contributed by atoms with E-state index >= 15 is 0 Å². The quantitative estimate of drug-likeness (QED) is 0.210. The summed E-state index contributed by atoms with van der Waals surface area (Å²) in [5, 5.41) is 2.54. The van der Waals surface area contributed by atoms with Crippen molar-refractivity contribution in [1.29, 1.82) is 0 Å². The summed E-state index contributed by atoms with van der Waals surface area (Å²) in [5.41, 5.74) is 4.01. The number of benzene rings is 3. The lowest BCUT2D eigenvalue weighted by Gasteiger charge is -2.31. The van der Waals surface area contributed by atoms with Crippen molar-refractivity contribution in [3.8, 4) is 0 Å². The average Bonchev–Trinajstić information content (AvgIpc) is 3.47. The van der Waals surface area contributed by atoms with Gasteiger partial charge in [0.2, 0.25) is 17.7 Å². The molecule has 1 fully saturated rings. The van der Waals surface area contributed by atoms with E-state index in [2.05, 4.69) is 5.32 Å². The van der Waals surface area contributed by atoms with Gasteiger partial charge in [0.25, 0.3) is 0 Å². The monoisotopic (exact) mass is 656 g/mol. The number of esters is 1. The van der Waals surface area contributed by atoms with Crippen LogP contribution in [0.25, 0.3) is 0 Å². The van der Waals surface area contributed by atoms with Crippen LogP contribution in [0.5, 0.6) is 0 Å². The van der Waals surface area contributed by atoms with Crippen LogP contribution in [0.2, 0.25) is 0 Å². The second-order valence-electron chi connectivity index (χ2n) is 11.3. The third-order valence-electron chi connectivity index (χ3n) is 8.06. The first kappa shape index (κ1) is 31.3. The van der Waals surface area contributed by atoms with Crippen LogP contribution in [-0.2, 0) is 25.7 Å². The van der Waals surface area contributed by atoms with Crippen molar-refractivity contribution in [2.45, 2.75) is 36.6 Å². The summed E-state index contributed by atoms with van der Waals surface area (Å²) in [4.78, 5) is 70.4. The Morgan fingerprint density at radius 1 is 0.957 bits per heavy atom. The van der Waals surface area contributed by atoms with E-state index in [4.69, 9.17) is 4.74 Å². The lowest BCUT2D eigenvalue weighted by molar-refractivity contribution is -0.122. The minimum atomic E-state index is -0.830. The number of anilines is 3. The van der Waals surface area contributed by atoms with Crippen LogP contribution < -0.4 is 20.0 Å². The molecule has 12 heteroatoms. The molecule has 0 saturated carbocycles. The van der Waals surface area contributed by atoms with E-state index in [-0.39, 0.29) is 29.8 Å². The lowest BCUT2D eigenvalue weighted by atomic mass is 9.83. The number of nitrogens with zero attached hydrogens (tertiary/aromatic N) is 3. The van der Waals surface area contributed by atoms with Crippen LogP contribution in [0.4, 0.5) is 17.1 Å². The first-order valence-corrected chi connectivity index (χ1v) is 16.5. The normalized spacial score (nSPS) is 18.6.